The minimum Gasteiger partial charge on any atom is -0.340 e. The highest BCUT2D eigenvalue weighted by Crippen LogP contribution is 2.39. The van der Waals surface area contributed by atoms with Crippen LogP contribution >= 0.6 is 0 Å². The van der Waals surface area contributed by atoms with Crippen molar-refractivity contribution in [1.82, 2.24) is 9.97 Å². The summed E-state index contributed by atoms with van der Waals surface area (Å²) in [6, 6.07) is 10.2. The number of benzene rings is 1. The van der Waals surface area contributed by atoms with Crippen molar-refractivity contribution in [2.24, 2.45) is 5.84 Å². The normalized spacial score (nSPS) is 14.0. The number of aryl methyl sites for hydroxylation is 1. The number of nitrogens with two attached hydrogens (primary N) is 1. The maximum atomic E-state index is 5.51. The number of anilines is 3. The SMILES string of the molecule is CCCc1ccccc1Nc1cc(NN)nc(C2CC2)n1. The van der Waals surface area contributed by atoms with Crippen LogP contribution in [0.25, 0.3) is 0 Å². The lowest BCUT2D eigenvalue weighted by molar-refractivity contribution is 0.917. The van der Waals surface area contributed by atoms with Gasteiger partial charge in [-0.2, -0.15) is 0 Å². The fraction of sp³-hybridized carbons (Fsp3) is 0.375. The monoisotopic (exact) mass is 283 g/mol. The van der Waals surface area contributed by atoms with E-state index >= 15 is 0 Å². The number of hydrogen-bond donors (Lipinski definition) is 3. The van der Waals surface area contributed by atoms with E-state index in [9.17, 15) is 0 Å². The van der Waals surface area contributed by atoms with E-state index < -0.39 is 0 Å². The van der Waals surface area contributed by atoms with Crippen molar-refractivity contribution < 1.29 is 0 Å². The van der Waals surface area contributed by atoms with E-state index in [0.29, 0.717) is 11.7 Å². The second-order valence-electron chi connectivity index (χ2n) is 5.45. The zero-order valence-electron chi connectivity index (χ0n) is 12.3. The summed E-state index contributed by atoms with van der Waals surface area (Å²) in [6.07, 6.45) is 4.50. The Kier molecular flexibility index (Phi) is 4.01. The van der Waals surface area contributed by atoms with Gasteiger partial charge in [-0.1, -0.05) is 31.5 Å². The highest BCUT2D eigenvalue weighted by atomic mass is 15.3. The molecule has 0 spiro atoms. The molecule has 0 saturated heterocycles. The molecule has 0 bridgehead atoms. The molecule has 1 aromatic carbocycles. The summed E-state index contributed by atoms with van der Waals surface area (Å²) in [4.78, 5) is 9.05. The Bertz CT molecular complexity index is 622. The molecule has 0 aliphatic heterocycles. The fourth-order valence-corrected chi connectivity index (χ4v) is 2.40. The van der Waals surface area contributed by atoms with Crippen molar-refractivity contribution in [2.45, 2.75) is 38.5 Å². The minimum absolute atomic E-state index is 0.490. The minimum atomic E-state index is 0.490. The number of nitrogens with zero attached hydrogens (tertiary/aromatic N) is 2. The number of para-hydroxylation sites is 1. The summed E-state index contributed by atoms with van der Waals surface area (Å²) < 4.78 is 0. The molecular formula is C16H21N5. The summed E-state index contributed by atoms with van der Waals surface area (Å²) in [6.45, 7) is 2.18. The van der Waals surface area contributed by atoms with E-state index in [2.05, 4.69) is 45.8 Å². The standard InChI is InChI=1S/C16H21N5/c1-2-5-11-6-3-4-7-13(11)18-14-10-15(21-17)20-16(19-14)12-8-9-12/h3-4,6-7,10,12H,2,5,8-9,17H2,1H3,(H2,18,19,20,21). The lowest BCUT2D eigenvalue weighted by atomic mass is 10.1. The smallest absolute Gasteiger partial charge is 0.145 e. The predicted octanol–water partition coefficient (Wildman–Crippen LogP) is 3.34. The first-order chi connectivity index (χ1) is 10.3. The van der Waals surface area contributed by atoms with Gasteiger partial charge in [0, 0.05) is 17.7 Å². The zero-order chi connectivity index (χ0) is 14.7. The van der Waals surface area contributed by atoms with E-state index in [4.69, 9.17) is 5.84 Å². The lowest BCUT2D eigenvalue weighted by Crippen LogP contribution is -2.11. The van der Waals surface area contributed by atoms with Gasteiger partial charge in [-0.05, 0) is 30.9 Å². The van der Waals surface area contributed by atoms with Crippen LogP contribution in [-0.4, -0.2) is 9.97 Å². The third-order valence-corrected chi connectivity index (χ3v) is 3.63. The first-order valence-electron chi connectivity index (χ1n) is 7.50. The highest BCUT2D eigenvalue weighted by Gasteiger charge is 2.27. The molecule has 5 nitrogen and oxygen atoms in total. The van der Waals surface area contributed by atoms with E-state index in [-0.39, 0.29) is 0 Å². The number of hydrazine groups is 1. The molecular weight excluding hydrogens is 262 g/mol. The van der Waals surface area contributed by atoms with Crippen LogP contribution in [-0.2, 0) is 6.42 Å². The van der Waals surface area contributed by atoms with Crippen LogP contribution in [0.4, 0.5) is 17.3 Å². The molecule has 1 aliphatic rings. The van der Waals surface area contributed by atoms with E-state index in [1.165, 1.54) is 18.4 Å². The maximum Gasteiger partial charge on any atom is 0.145 e. The van der Waals surface area contributed by atoms with Crippen LogP contribution in [0.2, 0.25) is 0 Å². The Morgan fingerprint density at radius 3 is 2.67 bits per heavy atom. The lowest BCUT2D eigenvalue weighted by Gasteiger charge is -2.12. The van der Waals surface area contributed by atoms with E-state index in [1.54, 1.807) is 0 Å². The number of nitrogens with one attached hydrogen (secondary N) is 2. The van der Waals surface area contributed by atoms with Gasteiger partial charge in [-0.15, -0.1) is 0 Å². The molecule has 2 aromatic rings. The second-order valence-corrected chi connectivity index (χ2v) is 5.45. The number of rotatable bonds is 6. The van der Waals surface area contributed by atoms with Crippen LogP contribution in [0.15, 0.2) is 30.3 Å². The molecule has 1 saturated carbocycles. The molecule has 4 N–H and O–H groups in total. The third-order valence-electron chi connectivity index (χ3n) is 3.63. The van der Waals surface area contributed by atoms with Crippen LogP contribution < -0.4 is 16.6 Å². The molecule has 0 atom stereocenters. The molecule has 1 fully saturated rings. The highest BCUT2D eigenvalue weighted by molar-refractivity contribution is 5.62. The summed E-state index contributed by atoms with van der Waals surface area (Å²) in [7, 11) is 0. The maximum absolute atomic E-state index is 5.51. The van der Waals surface area contributed by atoms with Crippen LogP contribution in [0.3, 0.4) is 0 Å². The first kappa shape index (κ1) is 13.8. The number of hydrogen-bond acceptors (Lipinski definition) is 5. The van der Waals surface area contributed by atoms with Crippen molar-refractivity contribution in [3.8, 4) is 0 Å². The van der Waals surface area contributed by atoms with Gasteiger partial charge < -0.3 is 10.7 Å². The Labute approximate surface area is 125 Å². The van der Waals surface area contributed by atoms with Crippen LogP contribution in [0.1, 0.15) is 43.5 Å². The predicted molar refractivity (Wildman–Crippen MR) is 85.5 cm³/mol. The van der Waals surface area contributed by atoms with Gasteiger partial charge in [-0.3, -0.25) is 0 Å². The average Bonchev–Trinajstić information content (AvgIpc) is 3.34. The van der Waals surface area contributed by atoms with Crippen molar-refractivity contribution in [3.63, 3.8) is 0 Å². The van der Waals surface area contributed by atoms with Gasteiger partial charge in [0.15, 0.2) is 0 Å². The Balaban J connectivity index is 1.88. The summed E-state index contributed by atoms with van der Waals surface area (Å²) in [5, 5.41) is 3.41. The summed E-state index contributed by atoms with van der Waals surface area (Å²) in [5.74, 6) is 8.33. The Morgan fingerprint density at radius 2 is 1.95 bits per heavy atom. The van der Waals surface area contributed by atoms with Gasteiger partial charge in [0.2, 0.25) is 0 Å². The van der Waals surface area contributed by atoms with Crippen molar-refractivity contribution in [2.75, 3.05) is 10.7 Å². The van der Waals surface area contributed by atoms with Crippen molar-refractivity contribution >= 4 is 17.3 Å². The van der Waals surface area contributed by atoms with Crippen molar-refractivity contribution in [1.29, 1.82) is 0 Å². The largest absolute Gasteiger partial charge is 0.340 e. The zero-order valence-corrected chi connectivity index (χ0v) is 12.3. The van der Waals surface area contributed by atoms with Gasteiger partial charge in [0.05, 0.1) is 0 Å². The van der Waals surface area contributed by atoms with Gasteiger partial charge in [0.1, 0.15) is 17.5 Å². The second kappa shape index (κ2) is 6.10. The molecule has 21 heavy (non-hydrogen) atoms. The number of nitrogen functional groups attached to an aromatic ring is 1. The van der Waals surface area contributed by atoms with Crippen molar-refractivity contribution in [3.05, 3.63) is 41.7 Å². The quantitative estimate of drug-likeness (QED) is 0.560. The average molecular weight is 283 g/mol. The molecule has 1 aliphatic carbocycles. The molecule has 0 radical (unpaired) electrons. The van der Waals surface area contributed by atoms with Gasteiger partial charge in [-0.25, -0.2) is 15.8 Å². The van der Waals surface area contributed by atoms with E-state index in [0.717, 1.165) is 30.2 Å². The summed E-state index contributed by atoms with van der Waals surface area (Å²) >= 11 is 0. The molecule has 3 rings (SSSR count). The Morgan fingerprint density at radius 1 is 1.19 bits per heavy atom. The molecule has 0 amide bonds. The van der Waals surface area contributed by atoms with Gasteiger partial charge >= 0.3 is 0 Å². The number of aromatic nitrogens is 2. The first-order valence-corrected chi connectivity index (χ1v) is 7.50. The molecule has 5 heteroatoms. The molecule has 1 heterocycles. The third kappa shape index (κ3) is 3.31. The molecule has 110 valence electrons. The fourth-order valence-electron chi connectivity index (χ4n) is 2.40. The van der Waals surface area contributed by atoms with Crippen LogP contribution in [0.5, 0.6) is 0 Å². The van der Waals surface area contributed by atoms with Crippen LogP contribution in [0, 0.1) is 0 Å². The van der Waals surface area contributed by atoms with Gasteiger partial charge in [0.25, 0.3) is 0 Å². The summed E-state index contributed by atoms with van der Waals surface area (Å²) in [5.41, 5.74) is 5.02. The Hall–Kier alpha value is -2.14. The molecule has 0 unspecified atom stereocenters. The van der Waals surface area contributed by atoms with E-state index in [1.807, 2.05) is 12.1 Å². The topological polar surface area (TPSA) is 75.9 Å². The molecule has 1 aromatic heterocycles.